The van der Waals surface area contributed by atoms with Crippen molar-refractivity contribution in [2.45, 2.75) is 46.0 Å². The van der Waals surface area contributed by atoms with Crippen molar-refractivity contribution in [1.82, 2.24) is 20.0 Å². The maximum atomic E-state index is 14.0. The smallest absolute Gasteiger partial charge is 0.337 e. The van der Waals surface area contributed by atoms with Crippen LogP contribution in [0.4, 0.5) is 22.0 Å². The largest absolute Gasteiger partial charge is 0.419 e. The first-order valence-electron chi connectivity index (χ1n) is 10.0. The zero-order valence-corrected chi connectivity index (χ0v) is 17.7. The van der Waals surface area contributed by atoms with E-state index in [1.165, 1.54) is 18.7 Å². The average molecular weight is 458 g/mol. The monoisotopic (exact) mass is 458 g/mol. The van der Waals surface area contributed by atoms with Gasteiger partial charge in [-0.2, -0.15) is 18.3 Å². The molecule has 1 fully saturated rings. The van der Waals surface area contributed by atoms with Crippen LogP contribution in [-0.4, -0.2) is 51.1 Å². The lowest BCUT2D eigenvalue weighted by atomic mass is 9.83. The number of H-pyrrole nitrogens is 1. The van der Waals surface area contributed by atoms with E-state index in [0.29, 0.717) is 17.8 Å². The van der Waals surface area contributed by atoms with Crippen molar-refractivity contribution >= 4 is 11.8 Å². The van der Waals surface area contributed by atoms with Crippen LogP contribution in [0.5, 0.6) is 0 Å². The summed E-state index contributed by atoms with van der Waals surface area (Å²) < 4.78 is 67.7. The van der Waals surface area contributed by atoms with Crippen LogP contribution < -0.4 is 0 Å². The Bertz CT molecular complexity index is 1000. The van der Waals surface area contributed by atoms with Gasteiger partial charge in [0.2, 0.25) is 5.91 Å². The molecule has 0 atom stereocenters. The molecule has 3 heterocycles. The van der Waals surface area contributed by atoms with Gasteiger partial charge in [-0.15, -0.1) is 0 Å². The predicted octanol–water partition coefficient (Wildman–Crippen LogP) is 4.34. The molecule has 0 aliphatic carbocycles. The van der Waals surface area contributed by atoms with Gasteiger partial charge < -0.3 is 9.80 Å². The van der Waals surface area contributed by atoms with Crippen molar-refractivity contribution in [2.24, 2.45) is 5.92 Å². The van der Waals surface area contributed by atoms with Crippen LogP contribution in [0.2, 0.25) is 0 Å². The second-order valence-corrected chi connectivity index (χ2v) is 7.81. The molecule has 0 aromatic carbocycles. The summed E-state index contributed by atoms with van der Waals surface area (Å²) >= 11 is 0. The van der Waals surface area contributed by atoms with Crippen molar-refractivity contribution in [1.29, 1.82) is 0 Å². The minimum atomic E-state index is -5.09. The summed E-state index contributed by atoms with van der Waals surface area (Å²) in [6.07, 6.45) is -3.68. The summed E-state index contributed by atoms with van der Waals surface area (Å²) in [5, 5.41) is 6.82. The molecule has 2 amide bonds. The van der Waals surface area contributed by atoms with Gasteiger partial charge in [0.05, 0.1) is 24.4 Å². The highest BCUT2D eigenvalue weighted by Crippen LogP contribution is 2.42. The number of halogens is 5. The Kier molecular flexibility index (Phi) is 6.56. The molecule has 6 nitrogen and oxygen atoms in total. The summed E-state index contributed by atoms with van der Waals surface area (Å²) in [4.78, 5) is 27.6. The first-order chi connectivity index (χ1) is 15.0. The molecular formula is C21H23F5N4O2. The third kappa shape index (κ3) is 4.46. The van der Waals surface area contributed by atoms with Gasteiger partial charge in [-0.05, 0) is 31.3 Å². The van der Waals surface area contributed by atoms with Gasteiger partial charge in [0.1, 0.15) is 0 Å². The highest BCUT2D eigenvalue weighted by Gasteiger charge is 2.43. The van der Waals surface area contributed by atoms with Gasteiger partial charge in [0.25, 0.3) is 5.91 Å². The van der Waals surface area contributed by atoms with E-state index in [1.54, 1.807) is 4.90 Å². The molecule has 3 rings (SSSR count). The average Bonchev–Trinajstić information content (AvgIpc) is 3.31. The molecule has 11 heteroatoms. The van der Waals surface area contributed by atoms with Crippen molar-refractivity contribution in [3.05, 3.63) is 52.4 Å². The van der Waals surface area contributed by atoms with Crippen LogP contribution in [0.15, 0.2) is 35.5 Å². The summed E-state index contributed by atoms with van der Waals surface area (Å²) in [5.41, 5.74) is -0.515. The molecule has 1 saturated heterocycles. The highest BCUT2D eigenvalue weighted by molar-refractivity contribution is 5.94. The number of allylic oxidation sites excluding steroid dienone is 5. The van der Waals surface area contributed by atoms with Gasteiger partial charge >= 0.3 is 6.18 Å². The molecule has 2 aliphatic rings. The minimum absolute atomic E-state index is 0.127. The van der Waals surface area contributed by atoms with Gasteiger partial charge in [-0.1, -0.05) is 12.7 Å². The predicted molar refractivity (Wildman–Crippen MR) is 105 cm³/mol. The van der Waals surface area contributed by atoms with E-state index in [-0.39, 0.29) is 55.6 Å². The summed E-state index contributed by atoms with van der Waals surface area (Å²) in [5.74, 6) is -5.03. The van der Waals surface area contributed by atoms with E-state index in [1.807, 2.05) is 0 Å². The summed E-state index contributed by atoms with van der Waals surface area (Å²) in [7, 11) is 0. The number of hydrogen-bond acceptors (Lipinski definition) is 3. The Morgan fingerprint density at radius 2 is 1.78 bits per heavy atom. The van der Waals surface area contributed by atoms with Crippen molar-refractivity contribution in [2.75, 3.05) is 13.1 Å². The van der Waals surface area contributed by atoms with Gasteiger partial charge in [-0.25, -0.2) is 8.78 Å². The number of nitrogens with zero attached hydrogens (tertiary/aromatic N) is 3. The maximum Gasteiger partial charge on any atom is 0.419 e. The third-order valence-corrected chi connectivity index (χ3v) is 5.86. The number of fused-ring (bicyclic) bond motifs is 1. The number of carbonyl (C=O) groups excluding carboxylic acids is 2. The Morgan fingerprint density at radius 1 is 1.16 bits per heavy atom. The second kappa shape index (κ2) is 8.87. The molecule has 0 unspecified atom stereocenters. The number of likely N-dealkylation sites (tertiary alicyclic amines) is 1. The van der Waals surface area contributed by atoms with E-state index in [9.17, 15) is 31.5 Å². The minimum Gasteiger partial charge on any atom is -0.337 e. The lowest BCUT2D eigenvalue weighted by Gasteiger charge is -2.34. The van der Waals surface area contributed by atoms with Gasteiger partial charge in [0, 0.05) is 25.6 Å². The number of piperidine rings is 1. The standard InChI is InChI=1S/C21H23F5N4O2/c1-4-14(17(21(24,25)26)18(23)11(2)22)13-5-7-29(8-6-13)20(32)19-15-9-30(12(3)31)10-16(15)27-28-19/h4,13H,2,5-10H2,1,3H3,(H,27,28)/b14-4-,18-17-. The van der Waals surface area contributed by atoms with Crippen LogP contribution in [0.25, 0.3) is 0 Å². The lowest BCUT2D eigenvalue weighted by Crippen LogP contribution is -2.40. The molecule has 0 spiro atoms. The Balaban J connectivity index is 1.74. The van der Waals surface area contributed by atoms with E-state index in [0.717, 1.165) is 6.08 Å². The number of hydrogen-bond donors (Lipinski definition) is 1. The number of rotatable bonds is 4. The zero-order chi connectivity index (χ0) is 23.8. The second-order valence-electron chi connectivity index (χ2n) is 7.81. The Morgan fingerprint density at radius 3 is 2.28 bits per heavy atom. The van der Waals surface area contributed by atoms with E-state index in [2.05, 4.69) is 16.8 Å². The number of carbonyl (C=O) groups is 2. The summed E-state index contributed by atoms with van der Waals surface area (Å²) in [6, 6.07) is 0. The number of amides is 2. The van der Waals surface area contributed by atoms with Crippen LogP contribution in [0.3, 0.4) is 0 Å². The van der Waals surface area contributed by atoms with Crippen LogP contribution in [0, 0.1) is 5.92 Å². The molecule has 1 N–H and O–H groups in total. The SMILES string of the molecule is C=C(F)/C(F)=C(\C(=C/C)C1CCN(C(=O)c2n[nH]c3c2CN(C(C)=O)C3)CC1)C(F)(F)F. The van der Waals surface area contributed by atoms with Crippen LogP contribution in [0.1, 0.15) is 48.4 Å². The topological polar surface area (TPSA) is 69.3 Å². The highest BCUT2D eigenvalue weighted by atomic mass is 19.4. The fourth-order valence-electron chi connectivity index (χ4n) is 4.22. The number of aromatic amines is 1. The van der Waals surface area contributed by atoms with Crippen LogP contribution in [-0.2, 0) is 17.9 Å². The normalized spacial score (nSPS) is 18.5. The first-order valence-corrected chi connectivity index (χ1v) is 10.0. The summed E-state index contributed by atoms with van der Waals surface area (Å²) in [6.45, 7) is 6.25. The lowest BCUT2D eigenvalue weighted by molar-refractivity contribution is -0.129. The van der Waals surface area contributed by atoms with Gasteiger partial charge in [-0.3, -0.25) is 14.7 Å². The van der Waals surface area contributed by atoms with E-state index < -0.39 is 29.3 Å². The third-order valence-electron chi connectivity index (χ3n) is 5.86. The molecule has 2 aliphatic heterocycles. The number of aromatic nitrogens is 2. The molecule has 0 radical (unpaired) electrons. The number of nitrogens with one attached hydrogen (secondary N) is 1. The van der Waals surface area contributed by atoms with Crippen molar-refractivity contribution < 1.29 is 31.5 Å². The Hall–Kier alpha value is -2.98. The Labute approximate surface area is 181 Å². The van der Waals surface area contributed by atoms with E-state index in [4.69, 9.17) is 0 Å². The fraction of sp³-hybridized carbons (Fsp3) is 0.476. The molecule has 32 heavy (non-hydrogen) atoms. The van der Waals surface area contributed by atoms with Crippen molar-refractivity contribution in [3.8, 4) is 0 Å². The van der Waals surface area contributed by atoms with Gasteiger partial charge in [0.15, 0.2) is 17.3 Å². The molecule has 174 valence electrons. The quantitative estimate of drug-likeness (QED) is 0.539. The van der Waals surface area contributed by atoms with E-state index >= 15 is 0 Å². The van der Waals surface area contributed by atoms with Crippen LogP contribution >= 0.6 is 0 Å². The fourth-order valence-corrected chi connectivity index (χ4v) is 4.22. The molecule has 1 aromatic rings. The molecule has 1 aromatic heterocycles. The molecule has 0 bridgehead atoms. The maximum absolute atomic E-state index is 14.0. The number of alkyl halides is 3. The van der Waals surface area contributed by atoms with Crippen molar-refractivity contribution in [3.63, 3.8) is 0 Å². The first kappa shape index (κ1) is 23.7. The molecule has 0 saturated carbocycles. The molecular weight excluding hydrogens is 435 g/mol. The zero-order valence-electron chi connectivity index (χ0n) is 17.7.